The van der Waals surface area contributed by atoms with E-state index in [-0.39, 0.29) is 30.4 Å². The molecule has 192 valence electrons. The predicted molar refractivity (Wildman–Crippen MR) is 135 cm³/mol. The summed E-state index contributed by atoms with van der Waals surface area (Å²) >= 11 is 0. The first kappa shape index (κ1) is 23.6. The molecule has 37 heavy (non-hydrogen) atoms. The zero-order valence-corrected chi connectivity index (χ0v) is 21.2. The molecule has 4 fully saturated rings. The number of carbonyl (C=O) groups excluding carboxylic acids is 1. The van der Waals surface area contributed by atoms with Gasteiger partial charge in [-0.15, -0.1) is 0 Å². The van der Waals surface area contributed by atoms with Crippen molar-refractivity contribution in [2.75, 3.05) is 18.0 Å². The Bertz CT molecular complexity index is 1370. The number of ether oxygens (including phenoxy) is 2. The molecule has 10 heteroatoms. The van der Waals surface area contributed by atoms with Crippen molar-refractivity contribution < 1.29 is 19.4 Å². The van der Waals surface area contributed by atoms with Crippen LogP contribution in [0.4, 0.5) is 10.6 Å². The minimum atomic E-state index is -0.508. The molecule has 0 spiro atoms. The van der Waals surface area contributed by atoms with Crippen molar-refractivity contribution in [1.29, 1.82) is 5.26 Å². The van der Waals surface area contributed by atoms with Gasteiger partial charge in [0.2, 0.25) is 0 Å². The highest BCUT2D eigenvalue weighted by Crippen LogP contribution is 2.37. The first-order valence-electron chi connectivity index (χ1n) is 12.7. The van der Waals surface area contributed by atoms with Crippen LogP contribution in [0.2, 0.25) is 0 Å². The van der Waals surface area contributed by atoms with Crippen LogP contribution in [0.25, 0.3) is 16.6 Å². The number of nitriles is 1. The fourth-order valence-electron chi connectivity index (χ4n) is 5.43. The van der Waals surface area contributed by atoms with E-state index in [4.69, 9.17) is 14.5 Å². The molecule has 0 radical (unpaired) electrons. The van der Waals surface area contributed by atoms with Crippen LogP contribution in [0.1, 0.15) is 45.6 Å². The molecule has 1 aliphatic carbocycles. The highest BCUT2D eigenvalue weighted by atomic mass is 16.6. The van der Waals surface area contributed by atoms with Crippen molar-refractivity contribution in [3.63, 3.8) is 0 Å². The lowest BCUT2D eigenvalue weighted by molar-refractivity contribution is -0.0380. The van der Waals surface area contributed by atoms with Crippen LogP contribution in [-0.2, 0) is 4.74 Å². The molecule has 0 aromatic carbocycles. The van der Waals surface area contributed by atoms with E-state index < -0.39 is 5.60 Å². The summed E-state index contributed by atoms with van der Waals surface area (Å²) in [5.41, 5.74) is 2.32. The molecular formula is C27H30N6O4. The van der Waals surface area contributed by atoms with Crippen molar-refractivity contribution in [1.82, 2.24) is 19.5 Å². The fraction of sp³-hybridized carbons (Fsp3) is 0.481. The van der Waals surface area contributed by atoms with E-state index in [1.807, 2.05) is 50.1 Å². The molecule has 6 heterocycles. The molecule has 10 nitrogen and oxygen atoms in total. The SMILES string of the molecule is CC(C)(C)OC(=O)N1[C@@H]2C[C@@H]1CN(c1ccc(-c3cc(OC4CC(O)C4)cn4ncc(C#N)c34)cn1)C2. The summed E-state index contributed by atoms with van der Waals surface area (Å²) in [5.74, 6) is 1.48. The number of carbonyl (C=O) groups is 1. The average Bonchev–Trinajstić information content (AvgIpc) is 3.24. The van der Waals surface area contributed by atoms with Crippen LogP contribution in [0.15, 0.2) is 36.8 Å². The molecule has 3 aromatic rings. The van der Waals surface area contributed by atoms with Crippen LogP contribution in [0.3, 0.4) is 0 Å². The smallest absolute Gasteiger partial charge is 0.410 e. The van der Waals surface area contributed by atoms with E-state index >= 15 is 0 Å². The number of piperidine rings is 1. The van der Waals surface area contributed by atoms with Gasteiger partial charge in [0, 0.05) is 43.3 Å². The van der Waals surface area contributed by atoms with E-state index in [9.17, 15) is 15.2 Å². The van der Waals surface area contributed by atoms with Crippen molar-refractivity contribution >= 4 is 17.4 Å². The number of amides is 1. The lowest BCUT2D eigenvalue weighted by atomic mass is 9.88. The Labute approximate surface area is 215 Å². The van der Waals surface area contributed by atoms with Gasteiger partial charge in [-0.25, -0.2) is 14.3 Å². The molecule has 0 unspecified atom stereocenters. The number of pyridine rings is 2. The van der Waals surface area contributed by atoms with E-state index in [2.05, 4.69) is 16.1 Å². The fourth-order valence-corrected chi connectivity index (χ4v) is 5.43. The Hall–Kier alpha value is -3.84. The second kappa shape index (κ2) is 8.63. The normalized spacial score (nSPS) is 24.7. The number of nitrogens with zero attached hydrogens (tertiary/aromatic N) is 6. The summed E-state index contributed by atoms with van der Waals surface area (Å²) < 4.78 is 13.3. The third-order valence-electron chi connectivity index (χ3n) is 7.26. The van der Waals surface area contributed by atoms with Gasteiger partial charge >= 0.3 is 6.09 Å². The Morgan fingerprint density at radius 3 is 2.54 bits per heavy atom. The molecule has 1 N–H and O–H groups in total. The van der Waals surface area contributed by atoms with Gasteiger partial charge in [-0.05, 0) is 45.4 Å². The molecule has 2 atom stereocenters. The van der Waals surface area contributed by atoms with E-state index in [1.165, 1.54) is 0 Å². The molecule has 4 aliphatic rings. The van der Waals surface area contributed by atoms with Gasteiger partial charge < -0.3 is 19.5 Å². The lowest BCUT2D eigenvalue weighted by Crippen LogP contribution is -2.70. The summed E-state index contributed by atoms with van der Waals surface area (Å²) in [7, 11) is 0. The number of piperazine rings is 1. The lowest BCUT2D eigenvalue weighted by Gasteiger charge is -2.56. The quantitative estimate of drug-likeness (QED) is 0.577. The maximum Gasteiger partial charge on any atom is 0.410 e. The summed E-state index contributed by atoms with van der Waals surface area (Å²) in [6.07, 6.45) is 6.74. The van der Waals surface area contributed by atoms with Crippen molar-refractivity contribution in [2.24, 2.45) is 0 Å². The summed E-state index contributed by atoms with van der Waals surface area (Å²) in [5, 5.41) is 23.6. The summed E-state index contributed by atoms with van der Waals surface area (Å²) in [6.45, 7) is 7.08. The maximum atomic E-state index is 12.6. The van der Waals surface area contributed by atoms with Crippen LogP contribution in [-0.4, -0.2) is 73.7 Å². The van der Waals surface area contributed by atoms with Gasteiger partial charge in [-0.3, -0.25) is 4.90 Å². The zero-order valence-electron chi connectivity index (χ0n) is 21.2. The third-order valence-corrected chi connectivity index (χ3v) is 7.26. The topological polar surface area (TPSA) is 116 Å². The summed E-state index contributed by atoms with van der Waals surface area (Å²) in [4.78, 5) is 21.4. The van der Waals surface area contributed by atoms with Crippen LogP contribution in [0.5, 0.6) is 5.75 Å². The highest BCUT2D eigenvalue weighted by Gasteiger charge is 2.49. The van der Waals surface area contributed by atoms with Gasteiger partial charge in [0.1, 0.15) is 29.3 Å². The van der Waals surface area contributed by atoms with Gasteiger partial charge in [-0.2, -0.15) is 10.4 Å². The van der Waals surface area contributed by atoms with Crippen molar-refractivity contribution in [2.45, 2.75) is 69.9 Å². The number of aliphatic hydroxyl groups is 1. The number of aromatic nitrogens is 3. The number of rotatable bonds is 4. The van der Waals surface area contributed by atoms with E-state index in [0.29, 0.717) is 42.8 Å². The molecule has 1 amide bonds. The predicted octanol–water partition coefficient (Wildman–Crippen LogP) is 3.37. The molecule has 3 aromatic heterocycles. The third kappa shape index (κ3) is 4.33. The van der Waals surface area contributed by atoms with E-state index in [0.717, 1.165) is 23.4 Å². The minimum absolute atomic E-state index is 0.0300. The average molecular weight is 503 g/mol. The van der Waals surface area contributed by atoms with Crippen molar-refractivity contribution in [3.8, 4) is 22.9 Å². The number of hydrogen-bond donors (Lipinski definition) is 1. The van der Waals surface area contributed by atoms with Gasteiger partial charge in [0.15, 0.2) is 0 Å². The first-order valence-corrected chi connectivity index (χ1v) is 12.7. The first-order chi connectivity index (χ1) is 17.7. The molecule has 3 saturated heterocycles. The molecular weight excluding hydrogens is 472 g/mol. The highest BCUT2D eigenvalue weighted by molar-refractivity contribution is 5.85. The largest absolute Gasteiger partial charge is 0.489 e. The van der Waals surface area contributed by atoms with Crippen molar-refractivity contribution in [3.05, 3.63) is 42.4 Å². The minimum Gasteiger partial charge on any atom is -0.489 e. The number of aliphatic hydroxyl groups excluding tert-OH is 1. The number of hydrogen-bond acceptors (Lipinski definition) is 8. The summed E-state index contributed by atoms with van der Waals surface area (Å²) in [6, 6.07) is 8.35. The Balaban J connectivity index is 1.22. The second-order valence-corrected chi connectivity index (χ2v) is 11.2. The van der Waals surface area contributed by atoms with Crippen LogP contribution >= 0.6 is 0 Å². The standard InChI is InChI=1S/C27H30N6O4/c1-27(2,3)37-26(35)33-18-6-19(33)14-31(13-18)24-5-4-16(11-29-24)23-9-22(36-21-7-20(34)8-21)15-32-25(23)17(10-28)12-30-32/h4-5,9,11-12,15,18-21,34H,6-8,13-14H2,1-3H3/t18-,19-,20?,21?/m1/s1. The zero-order chi connectivity index (χ0) is 25.9. The Morgan fingerprint density at radius 2 is 1.92 bits per heavy atom. The number of anilines is 1. The van der Waals surface area contributed by atoms with Gasteiger partial charge in [0.05, 0.1) is 41.7 Å². The van der Waals surface area contributed by atoms with E-state index in [1.54, 1.807) is 16.9 Å². The van der Waals surface area contributed by atoms with Crippen LogP contribution < -0.4 is 9.64 Å². The Kier molecular flexibility index (Phi) is 5.49. The Morgan fingerprint density at radius 1 is 1.16 bits per heavy atom. The second-order valence-electron chi connectivity index (χ2n) is 11.2. The monoisotopic (exact) mass is 502 g/mol. The molecule has 3 aliphatic heterocycles. The molecule has 2 bridgehead atoms. The van der Waals surface area contributed by atoms with Crippen LogP contribution in [0, 0.1) is 11.3 Å². The van der Waals surface area contributed by atoms with Gasteiger partial charge in [-0.1, -0.05) is 0 Å². The number of fused-ring (bicyclic) bond motifs is 3. The maximum absolute atomic E-state index is 12.6. The molecule has 1 saturated carbocycles. The van der Waals surface area contributed by atoms with Gasteiger partial charge in [0.25, 0.3) is 0 Å². The molecule has 7 rings (SSSR count).